The maximum absolute atomic E-state index is 12.1. The summed E-state index contributed by atoms with van der Waals surface area (Å²) in [5.74, 6) is 0.0285. The molecule has 0 aliphatic heterocycles. The van der Waals surface area contributed by atoms with Gasteiger partial charge < -0.3 is 0 Å². The molecule has 1 heteroatoms. The number of carbonyl (C=O) groups is 1. The maximum Gasteiger partial charge on any atom is 0.200 e. The van der Waals surface area contributed by atoms with Gasteiger partial charge in [-0.2, -0.15) is 0 Å². The lowest BCUT2D eigenvalue weighted by Gasteiger charge is -2.02. The number of fused-ring (bicyclic) bond motifs is 1. The van der Waals surface area contributed by atoms with Gasteiger partial charge in [-0.15, -0.1) is 5.73 Å². The number of benzene rings is 2. The van der Waals surface area contributed by atoms with Gasteiger partial charge in [0.15, 0.2) is 0 Å². The van der Waals surface area contributed by atoms with E-state index in [4.69, 9.17) is 0 Å². The Labute approximate surface area is 99.4 Å². The Morgan fingerprint density at radius 1 is 1.00 bits per heavy atom. The van der Waals surface area contributed by atoms with Gasteiger partial charge in [0.2, 0.25) is 5.78 Å². The van der Waals surface area contributed by atoms with E-state index >= 15 is 0 Å². The second kappa shape index (κ2) is 3.89. The summed E-state index contributed by atoms with van der Waals surface area (Å²) in [5.41, 5.74) is 4.27. The normalized spacial score (nSPS) is 13.1. The number of rotatable bonds is 2. The van der Waals surface area contributed by atoms with Crippen molar-refractivity contribution in [2.24, 2.45) is 0 Å². The van der Waals surface area contributed by atoms with E-state index in [2.05, 4.69) is 5.73 Å². The minimum absolute atomic E-state index is 0.0285. The standard InChI is InChI=1S/C16H10O/c17-16(13-6-2-3-7-13)15-10-9-12-5-1-4-8-14(12)11-15/h1-6,8-11H. The Morgan fingerprint density at radius 3 is 2.59 bits per heavy atom. The van der Waals surface area contributed by atoms with Crippen LogP contribution >= 0.6 is 0 Å². The lowest BCUT2D eigenvalue weighted by atomic mass is 10.0. The molecule has 80 valence electrons. The highest BCUT2D eigenvalue weighted by Crippen LogP contribution is 2.18. The zero-order chi connectivity index (χ0) is 11.7. The van der Waals surface area contributed by atoms with Crippen molar-refractivity contribution in [3.8, 4) is 0 Å². The highest BCUT2D eigenvalue weighted by Gasteiger charge is 2.10. The van der Waals surface area contributed by atoms with Gasteiger partial charge in [0, 0.05) is 5.56 Å². The SMILES string of the molecule is O=C(C1=C=CC=C1)c1ccc2ccccc2c1. The van der Waals surface area contributed by atoms with Crippen molar-refractivity contribution < 1.29 is 4.79 Å². The largest absolute Gasteiger partial charge is 0.288 e. The van der Waals surface area contributed by atoms with Crippen LogP contribution in [0.4, 0.5) is 0 Å². The molecule has 0 bridgehead atoms. The molecule has 0 radical (unpaired) electrons. The van der Waals surface area contributed by atoms with Gasteiger partial charge in [-0.25, -0.2) is 0 Å². The Kier molecular flexibility index (Phi) is 2.25. The molecule has 0 fully saturated rings. The van der Waals surface area contributed by atoms with Crippen LogP contribution in [-0.2, 0) is 0 Å². The summed E-state index contributed by atoms with van der Waals surface area (Å²) in [5, 5.41) is 2.24. The van der Waals surface area contributed by atoms with Gasteiger partial charge >= 0.3 is 0 Å². The molecule has 1 aliphatic carbocycles. The van der Waals surface area contributed by atoms with E-state index in [1.807, 2.05) is 48.5 Å². The molecule has 17 heavy (non-hydrogen) atoms. The molecule has 1 aliphatic rings. The van der Waals surface area contributed by atoms with Crippen LogP contribution in [-0.4, -0.2) is 5.78 Å². The van der Waals surface area contributed by atoms with Crippen LogP contribution in [0.2, 0.25) is 0 Å². The third kappa shape index (κ3) is 1.73. The molecule has 0 N–H and O–H groups in total. The monoisotopic (exact) mass is 218 g/mol. The smallest absolute Gasteiger partial charge is 0.200 e. The van der Waals surface area contributed by atoms with E-state index in [1.54, 1.807) is 12.2 Å². The molecule has 2 aromatic rings. The minimum atomic E-state index is 0.0285. The average molecular weight is 218 g/mol. The summed E-state index contributed by atoms with van der Waals surface area (Å²) in [7, 11) is 0. The molecule has 0 atom stereocenters. The molecular formula is C16H10O. The fourth-order valence-corrected chi connectivity index (χ4v) is 1.96. The predicted molar refractivity (Wildman–Crippen MR) is 69.0 cm³/mol. The van der Waals surface area contributed by atoms with E-state index in [0.29, 0.717) is 11.1 Å². The minimum Gasteiger partial charge on any atom is -0.288 e. The van der Waals surface area contributed by atoms with Crippen molar-refractivity contribution in [1.29, 1.82) is 0 Å². The second-order valence-electron chi connectivity index (χ2n) is 3.97. The highest BCUT2D eigenvalue weighted by atomic mass is 16.1. The van der Waals surface area contributed by atoms with Crippen molar-refractivity contribution in [2.45, 2.75) is 0 Å². The maximum atomic E-state index is 12.1. The van der Waals surface area contributed by atoms with Crippen LogP contribution < -0.4 is 0 Å². The summed E-state index contributed by atoms with van der Waals surface area (Å²) in [6, 6.07) is 13.8. The molecular weight excluding hydrogens is 208 g/mol. The van der Waals surface area contributed by atoms with Crippen LogP contribution in [0.3, 0.4) is 0 Å². The summed E-state index contributed by atoms with van der Waals surface area (Å²) in [6.45, 7) is 0. The quantitative estimate of drug-likeness (QED) is 0.555. The number of carbonyl (C=O) groups excluding carboxylic acids is 1. The first-order valence-corrected chi connectivity index (χ1v) is 5.51. The Hall–Kier alpha value is -2.37. The van der Waals surface area contributed by atoms with Crippen LogP contribution in [0.1, 0.15) is 10.4 Å². The first-order chi connectivity index (χ1) is 8.34. The van der Waals surface area contributed by atoms with Crippen LogP contribution in [0.5, 0.6) is 0 Å². The van der Waals surface area contributed by atoms with Crippen molar-refractivity contribution in [3.63, 3.8) is 0 Å². The van der Waals surface area contributed by atoms with Crippen LogP contribution in [0.25, 0.3) is 10.8 Å². The fourth-order valence-electron chi connectivity index (χ4n) is 1.96. The molecule has 3 rings (SSSR count). The molecule has 0 spiro atoms. The number of Topliss-reactive ketones (excluding diaryl/α,β-unsaturated/α-hetero) is 1. The average Bonchev–Trinajstić information content (AvgIpc) is 2.91. The third-order valence-corrected chi connectivity index (χ3v) is 2.85. The van der Waals surface area contributed by atoms with Crippen LogP contribution in [0.15, 0.2) is 72.0 Å². The van der Waals surface area contributed by atoms with Crippen molar-refractivity contribution >= 4 is 16.6 Å². The molecule has 0 amide bonds. The van der Waals surface area contributed by atoms with Gasteiger partial charge in [-0.05, 0) is 29.0 Å². The topological polar surface area (TPSA) is 17.1 Å². The number of hydrogen-bond acceptors (Lipinski definition) is 1. The third-order valence-electron chi connectivity index (χ3n) is 2.85. The lowest BCUT2D eigenvalue weighted by Crippen LogP contribution is -1.99. The van der Waals surface area contributed by atoms with Gasteiger partial charge in [-0.1, -0.05) is 42.5 Å². The zero-order valence-electron chi connectivity index (χ0n) is 9.18. The summed E-state index contributed by atoms with van der Waals surface area (Å²) < 4.78 is 0. The first kappa shape index (κ1) is 9.83. The van der Waals surface area contributed by atoms with Crippen molar-refractivity contribution in [3.05, 3.63) is 77.6 Å². The molecule has 2 aromatic carbocycles. The van der Waals surface area contributed by atoms with E-state index in [1.165, 1.54) is 0 Å². The highest BCUT2D eigenvalue weighted by molar-refractivity contribution is 6.12. The van der Waals surface area contributed by atoms with Gasteiger partial charge in [0.25, 0.3) is 0 Å². The predicted octanol–water partition coefficient (Wildman–Crippen LogP) is 3.67. The van der Waals surface area contributed by atoms with E-state index < -0.39 is 0 Å². The molecule has 0 saturated carbocycles. The van der Waals surface area contributed by atoms with Gasteiger partial charge in [-0.3, -0.25) is 4.79 Å². The van der Waals surface area contributed by atoms with Crippen LogP contribution in [0, 0.1) is 0 Å². The van der Waals surface area contributed by atoms with Gasteiger partial charge in [0.05, 0.1) is 5.57 Å². The zero-order valence-corrected chi connectivity index (χ0v) is 9.18. The Morgan fingerprint density at radius 2 is 1.82 bits per heavy atom. The van der Waals surface area contributed by atoms with Crippen molar-refractivity contribution in [1.82, 2.24) is 0 Å². The molecule has 0 aromatic heterocycles. The number of ketones is 1. The lowest BCUT2D eigenvalue weighted by molar-refractivity contribution is 0.103. The molecule has 0 heterocycles. The number of allylic oxidation sites excluding steroid dienone is 3. The summed E-state index contributed by atoms with van der Waals surface area (Å²) >= 11 is 0. The van der Waals surface area contributed by atoms with Crippen molar-refractivity contribution in [2.75, 3.05) is 0 Å². The molecule has 1 nitrogen and oxygen atoms in total. The van der Waals surface area contributed by atoms with Gasteiger partial charge in [0.1, 0.15) is 0 Å². The second-order valence-corrected chi connectivity index (χ2v) is 3.97. The fraction of sp³-hybridized carbons (Fsp3) is 0. The molecule has 0 saturated heterocycles. The summed E-state index contributed by atoms with van der Waals surface area (Å²) in [4.78, 5) is 12.1. The van der Waals surface area contributed by atoms with E-state index in [-0.39, 0.29) is 5.78 Å². The Balaban J connectivity index is 2.09. The Bertz CT molecular complexity index is 698. The molecule has 0 unspecified atom stereocenters. The van der Waals surface area contributed by atoms with E-state index in [0.717, 1.165) is 10.8 Å². The number of hydrogen-bond donors (Lipinski definition) is 0. The van der Waals surface area contributed by atoms with E-state index in [9.17, 15) is 4.79 Å². The first-order valence-electron chi connectivity index (χ1n) is 5.51. The summed E-state index contributed by atoms with van der Waals surface area (Å²) in [6.07, 6.45) is 5.38.